The van der Waals surface area contributed by atoms with Crippen LogP contribution in [0.1, 0.15) is 17.3 Å². The molecule has 0 aliphatic carbocycles. The van der Waals surface area contributed by atoms with Crippen molar-refractivity contribution in [1.82, 2.24) is 0 Å². The van der Waals surface area contributed by atoms with E-state index in [1.54, 1.807) is 31.2 Å². The van der Waals surface area contributed by atoms with Gasteiger partial charge in [-0.1, -0.05) is 12.1 Å². The third-order valence-corrected chi connectivity index (χ3v) is 5.83. The standard InChI is InChI=1S/C20H21NO6S/c1-3-10-21(16-7-5-6-15(13-16)20(22)25-4-2)28(23,24)17-8-9-18-19(14-17)27-12-11-26-18/h3,5-9,13-14H,1,4,10-12H2,2H3. The van der Waals surface area contributed by atoms with E-state index in [-0.39, 0.29) is 23.6 Å². The van der Waals surface area contributed by atoms with Crippen molar-refractivity contribution in [1.29, 1.82) is 0 Å². The van der Waals surface area contributed by atoms with Crippen LogP contribution in [0.15, 0.2) is 60.0 Å². The van der Waals surface area contributed by atoms with Crippen molar-refractivity contribution in [2.75, 3.05) is 30.7 Å². The highest BCUT2D eigenvalue weighted by molar-refractivity contribution is 7.92. The quantitative estimate of drug-likeness (QED) is 0.522. The van der Waals surface area contributed by atoms with Crippen LogP contribution in [0.4, 0.5) is 5.69 Å². The smallest absolute Gasteiger partial charge is 0.338 e. The van der Waals surface area contributed by atoms with Crippen molar-refractivity contribution in [3.05, 3.63) is 60.7 Å². The lowest BCUT2D eigenvalue weighted by atomic mass is 10.2. The van der Waals surface area contributed by atoms with E-state index in [1.807, 2.05) is 0 Å². The SMILES string of the molecule is C=CCN(c1cccc(C(=O)OCC)c1)S(=O)(=O)c1ccc2c(c1)OCCO2. The van der Waals surface area contributed by atoms with E-state index in [0.717, 1.165) is 0 Å². The van der Waals surface area contributed by atoms with Crippen LogP contribution in [0.25, 0.3) is 0 Å². The monoisotopic (exact) mass is 403 g/mol. The van der Waals surface area contributed by atoms with Crippen LogP contribution < -0.4 is 13.8 Å². The van der Waals surface area contributed by atoms with Gasteiger partial charge in [-0.15, -0.1) is 6.58 Å². The molecule has 0 atom stereocenters. The Balaban J connectivity index is 2.00. The summed E-state index contributed by atoms with van der Waals surface area (Å²) in [5.74, 6) is 0.371. The maximum Gasteiger partial charge on any atom is 0.338 e. The van der Waals surface area contributed by atoms with Gasteiger partial charge in [0.2, 0.25) is 0 Å². The second-order valence-corrected chi connectivity index (χ2v) is 7.76. The topological polar surface area (TPSA) is 82.1 Å². The number of anilines is 1. The van der Waals surface area contributed by atoms with Crippen molar-refractivity contribution < 1.29 is 27.4 Å². The molecule has 1 aliphatic rings. The highest BCUT2D eigenvalue weighted by Gasteiger charge is 2.27. The summed E-state index contributed by atoms with van der Waals surface area (Å²) in [6.45, 7) is 6.39. The molecule has 0 saturated carbocycles. The van der Waals surface area contributed by atoms with Gasteiger partial charge in [-0.3, -0.25) is 4.31 Å². The molecule has 2 aromatic rings. The fraction of sp³-hybridized carbons (Fsp3) is 0.250. The van der Waals surface area contributed by atoms with Gasteiger partial charge < -0.3 is 14.2 Å². The molecule has 0 unspecified atom stereocenters. The lowest BCUT2D eigenvalue weighted by Crippen LogP contribution is -2.31. The van der Waals surface area contributed by atoms with Gasteiger partial charge in [0, 0.05) is 6.07 Å². The first kappa shape index (κ1) is 19.8. The largest absolute Gasteiger partial charge is 0.486 e. The van der Waals surface area contributed by atoms with E-state index in [0.29, 0.717) is 30.4 Å². The number of hydrogen-bond donors (Lipinski definition) is 0. The number of carbonyl (C=O) groups is 1. The number of sulfonamides is 1. The number of rotatable bonds is 7. The van der Waals surface area contributed by atoms with Crippen LogP contribution in [-0.2, 0) is 14.8 Å². The Kier molecular flexibility index (Phi) is 5.89. The lowest BCUT2D eigenvalue weighted by molar-refractivity contribution is 0.0526. The van der Waals surface area contributed by atoms with Gasteiger partial charge in [0.25, 0.3) is 10.0 Å². The fourth-order valence-corrected chi connectivity index (χ4v) is 4.22. The molecule has 0 spiro atoms. The molecule has 0 N–H and O–H groups in total. The molecule has 3 rings (SSSR count). The Morgan fingerprint density at radius 3 is 2.64 bits per heavy atom. The summed E-state index contributed by atoms with van der Waals surface area (Å²) in [7, 11) is -3.93. The number of carbonyl (C=O) groups excluding carboxylic acids is 1. The molecule has 0 radical (unpaired) electrons. The molecule has 0 fully saturated rings. The zero-order valence-electron chi connectivity index (χ0n) is 15.5. The number of hydrogen-bond acceptors (Lipinski definition) is 6. The van der Waals surface area contributed by atoms with Crippen LogP contribution in [0, 0.1) is 0 Å². The van der Waals surface area contributed by atoms with Crippen molar-refractivity contribution in [3.63, 3.8) is 0 Å². The summed E-state index contributed by atoms with van der Waals surface area (Å²) in [5.41, 5.74) is 0.603. The van der Waals surface area contributed by atoms with E-state index in [9.17, 15) is 13.2 Å². The molecule has 8 heteroatoms. The van der Waals surface area contributed by atoms with E-state index in [4.69, 9.17) is 14.2 Å². The highest BCUT2D eigenvalue weighted by atomic mass is 32.2. The molecule has 0 saturated heterocycles. The van der Waals surface area contributed by atoms with Gasteiger partial charge >= 0.3 is 5.97 Å². The average Bonchev–Trinajstić information content (AvgIpc) is 2.71. The normalized spacial score (nSPS) is 12.9. The van der Waals surface area contributed by atoms with E-state index < -0.39 is 16.0 Å². The third kappa shape index (κ3) is 3.96. The summed E-state index contributed by atoms with van der Waals surface area (Å²) in [5, 5.41) is 0. The van der Waals surface area contributed by atoms with Crippen LogP contribution in [0.5, 0.6) is 11.5 Å². The molecular formula is C20H21NO6S. The molecular weight excluding hydrogens is 382 g/mol. The van der Waals surface area contributed by atoms with Crippen LogP contribution in [-0.4, -0.2) is 40.8 Å². The maximum atomic E-state index is 13.3. The molecule has 7 nitrogen and oxygen atoms in total. The van der Waals surface area contributed by atoms with E-state index in [2.05, 4.69) is 6.58 Å². The molecule has 28 heavy (non-hydrogen) atoms. The van der Waals surface area contributed by atoms with Gasteiger partial charge in [0.15, 0.2) is 11.5 Å². The first-order chi connectivity index (χ1) is 13.5. The molecule has 2 aromatic carbocycles. The number of esters is 1. The first-order valence-electron chi connectivity index (χ1n) is 8.78. The predicted molar refractivity (Wildman–Crippen MR) is 105 cm³/mol. The van der Waals surface area contributed by atoms with Crippen molar-refractivity contribution in [3.8, 4) is 11.5 Å². The van der Waals surface area contributed by atoms with Gasteiger partial charge in [0.05, 0.1) is 29.3 Å². The Morgan fingerprint density at radius 1 is 1.18 bits per heavy atom. The minimum atomic E-state index is -3.93. The van der Waals surface area contributed by atoms with Crippen LogP contribution in [0.2, 0.25) is 0 Å². The summed E-state index contributed by atoms with van der Waals surface area (Å²) in [6.07, 6.45) is 1.48. The number of ether oxygens (including phenoxy) is 3. The zero-order chi connectivity index (χ0) is 20.1. The average molecular weight is 403 g/mol. The van der Waals surface area contributed by atoms with Gasteiger partial charge in [-0.05, 0) is 37.3 Å². The third-order valence-electron chi connectivity index (χ3n) is 4.04. The molecule has 1 aliphatic heterocycles. The molecule has 0 amide bonds. The van der Waals surface area contributed by atoms with E-state index in [1.165, 1.54) is 28.6 Å². The minimum Gasteiger partial charge on any atom is -0.486 e. The Hall–Kier alpha value is -3.00. The predicted octanol–water partition coefficient (Wildman–Crippen LogP) is 3.02. The minimum absolute atomic E-state index is 0.0308. The number of benzene rings is 2. The highest BCUT2D eigenvalue weighted by Crippen LogP contribution is 2.34. The van der Waals surface area contributed by atoms with Crippen LogP contribution in [0.3, 0.4) is 0 Å². The van der Waals surface area contributed by atoms with Crippen molar-refractivity contribution >= 4 is 21.7 Å². The van der Waals surface area contributed by atoms with Gasteiger partial charge in [-0.25, -0.2) is 13.2 Å². The Labute approximate surface area is 164 Å². The second kappa shape index (κ2) is 8.35. The fourth-order valence-electron chi connectivity index (χ4n) is 2.77. The van der Waals surface area contributed by atoms with Crippen molar-refractivity contribution in [2.24, 2.45) is 0 Å². The van der Waals surface area contributed by atoms with Gasteiger partial charge in [0.1, 0.15) is 13.2 Å². The molecule has 148 valence electrons. The number of nitrogens with zero attached hydrogens (tertiary/aromatic N) is 1. The molecule has 0 aromatic heterocycles. The zero-order valence-corrected chi connectivity index (χ0v) is 16.3. The second-order valence-electron chi connectivity index (χ2n) is 5.90. The van der Waals surface area contributed by atoms with Gasteiger partial charge in [-0.2, -0.15) is 0 Å². The van der Waals surface area contributed by atoms with Crippen molar-refractivity contribution in [2.45, 2.75) is 11.8 Å². The maximum absolute atomic E-state index is 13.3. The summed E-state index contributed by atoms with van der Waals surface area (Å²) < 4.78 is 43.7. The molecule has 1 heterocycles. The summed E-state index contributed by atoms with van der Waals surface area (Å²) in [6, 6.07) is 10.8. The summed E-state index contributed by atoms with van der Waals surface area (Å²) in [4.78, 5) is 12.1. The van der Waals surface area contributed by atoms with Crippen LogP contribution >= 0.6 is 0 Å². The Morgan fingerprint density at radius 2 is 1.93 bits per heavy atom. The first-order valence-corrected chi connectivity index (χ1v) is 10.2. The van der Waals surface area contributed by atoms with E-state index >= 15 is 0 Å². The molecule has 0 bridgehead atoms. The summed E-state index contributed by atoms with van der Waals surface area (Å²) >= 11 is 0. The lowest BCUT2D eigenvalue weighted by Gasteiger charge is -2.25. The Bertz CT molecular complexity index is 986. The number of fused-ring (bicyclic) bond motifs is 1.